The first-order chi connectivity index (χ1) is 15.6. The lowest BCUT2D eigenvalue weighted by molar-refractivity contribution is 0.0935. The van der Waals surface area contributed by atoms with Gasteiger partial charge in [-0.2, -0.15) is 0 Å². The van der Waals surface area contributed by atoms with Crippen LogP contribution in [0.5, 0.6) is 0 Å². The largest absolute Gasteiger partial charge is 0.459 e. The number of hydrogen-bond acceptors (Lipinski definition) is 3. The van der Waals surface area contributed by atoms with Crippen molar-refractivity contribution in [3.8, 4) is 0 Å². The first-order valence-electron chi connectivity index (χ1n) is 10.5. The second kappa shape index (κ2) is 9.79. The van der Waals surface area contributed by atoms with Crippen molar-refractivity contribution in [2.75, 3.05) is 5.32 Å². The van der Waals surface area contributed by atoms with Crippen LogP contribution in [0.3, 0.4) is 0 Å². The second-order valence-corrected chi connectivity index (χ2v) is 7.59. The number of carbonyl (C=O) groups is 2. The molecule has 0 aliphatic rings. The Morgan fingerprint density at radius 2 is 1.56 bits per heavy atom. The minimum atomic E-state index is -0.359. The predicted molar refractivity (Wildman–Crippen MR) is 125 cm³/mol. The highest BCUT2D eigenvalue weighted by molar-refractivity contribution is 6.04. The Morgan fingerprint density at radius 3 is 2.25 bits per heavy atom. The number of aryl methyl sites for hydroxylation is 1. The summed E-state index contributed by atoms with van der Waals surface area (Å²) < 4.78 is 5.15. The highest BCUT2D eigenvalue weighted by Gasteiger charge is 2.18. The van der Waals surface area contributed by atoms with E-state index in [0.29, 0.717) is 17.7 Å². The SMILES string of the molecule is Cc1ccc(C(=O)N[C@H](Cc2ccccc2)c2ccccc2)cc1NC(=O)c1ccco1. The molecule has 0 saturated carbocycles. The Hall–Kier alpha value is -4.12. The van der Waals surface area contributed by atoms with Crippen LogP contribution in [0.15, 0.2) is 102 Å². The maximum atomic E-state index is 13.2. The number of nitrogens with one attached hydrogen (secondary N) is 2. The molecule has 4 aromatic rings. The van der Waals surface area contributed by atoms with E-state index in [1.807, 2.05) is 61.5 Å². The average Bonchev–Trinajstić information content (AvgIpc) is 3.36. The van der Waals surface area contributed by atoms with Gasteiger partial charge < -0.3 is 15.1 Å². The molecule has 2 N–H and O–H groups in total. The van der Waals surface area contributed by atoms with Crippen LogP contribution in [0, 0.1) is 6.92 Å². The van der Waals surface area contributed by atoms with Crippen LogP contribution in [0.25, 0.3) is 0 Å². The zero-order valence-corrected chi connectivity index (χ0v) is 17.7. The minimum Gasteiger partial charge on any atom is -0.459 e. The van der Waals surface area contributed by atoms with Gasteiger partial charge in [0.15, 0.2) is 5.76 Å². The van der Waals surface area contributed by atoms with Crippen LogP contribution >= 0.6 is 0 Å². The zero-order chi connectivity index (χ0) is 22.3. The van der Waals surface area contributed by atoms with Crippen LogP contribution in [0.1, 0.15) is 43.6 Å². The normalized spacial score (nSPS) is 11.5. The van der Waals surface area contributed by atoms with Crippen molar-refractivity contribution >= 4 is 17.5 Å². The van der Waals surface area contributed by atoms with Crippen molar-refractivity contribution in [3.05, 3.63) is 125 Å². The molecular formula is C27H24N2O3. The third-order valence-corrected chi connectivity index (χ3v) is 5.28. The standard InChI is InChI=1S/C27H24N2O3/c1-19-14-15-22(18-23(19)28-27(31)25-13-8-16-32-25)26(30)29-24(21-11-6-3-7-12-21)17-20-9-4-2-5-10-20/h2-16,18,24H,17H2,1H3,(H,28,31)(H,29,30)/t24-/m1/s1. The Kier molecular flexibility index (Phi) is 6.46. The van der Waals surface area contributed by atoms with Crippen LogP contribution in [-0.4, -0.2) is 11.8 Å². The number of hydrogen-bond donors (Lipinski definition) is 2. The molecule has 1 heterocycles. The first kappa shape index (κ1) is 21.1. The molecule has 1 aromatic heterocycles. The monoisotopic (exact) mass is 424 g/mol. The lowest BCUT2D eigenvalue weighted by atomic mass is 9.98. The van der Waals surface area contributed by atoms with E-state index in [2.05, 4.69) is 22.8 Å². The maximum absolute atomic E-state index is 13.2. The molecule has 1 atom stereocenters. The van der Waals surface area contributed by atoms with E-state index in [0.717, 1.165) is 16.7 Å². The molecule has 0 unspecified atom stereocenters. The summed E-state index contributed by atoms with van der Waals surface area (Å²) in [6, 6.07) is 28.3. The van der Waals surface area contributed by atoms with Gasteiger partial charge in [-0.1, -0.05) is 66.7 Å². The fourth-order valence-corrected chi connectivity index (χ4v) is 3.52. The summed E-state index contributed by atoms with van der Waals surface area (Å²) in [6.07, 6.45) is 2.12. The molecule has 3 aromatic carbocycles. The van der Waals surface area contributed by atoms with E-state index in [-0.39, 0.29) is 23.6 Å². The van der Waals surface area contributed by atoms with Crippen molar-refractivity contribution in [1.82, 2.24) is 5.32 Å². The van der Waals surface area contributed by atoms with Gasteiger partial charge in [0, 0.05) is 11.3 Å². The Bertz CT molecular complexity index is 1190. The van der Waals surface area contributed by atoms with E-state index in [4.69, 9.17) is 4.42 Å². The van der Waals surface area contributed by atoms with E-state index >= 15 is 0 Å². The lowest BCUT2D eigenvalue weighted by Crippen LogP contribution is -2.30. The van der Waals surface area contributed by atoms with E-state index in [1.54, 1.807) is 24.3 Å². The molecule has 2 amide bonds. The number of benzene rings is 3. The second-order valence-electron chi connectivity index (χ2n) is 7.59. The molecule has 160 valence electrons. The number of amides is 2. The van der Waals surface area contributed by atoms with Crippen molar-refractivity contribution in [3.63, 3.8) is 0 Å². The van der Waals surface area contributed by atoms with Gasteiger partial charge in [0.2, 0.25) is 0 Å². The Balaban J connectivity index is 1.54. The number of furan rings is 1. The topological polar surface area (TPSA) is 71.3 Å². The molecular weight excluding hydrogens is 400 g/mol. The van der Waals surface area contributed by atoms with Gasteiger partial charge in [-0.05, 0) is 54.3 Å². The summed E-state index contributed by atoms with van der Waals surface area (Å²) in [7, 11) is 0. The Labute approximate surface area is 187 Å². The molecule has 0 aliphatic heterocycles. The van der Waals surface area contributed by atoms with Gasteiger partial charge in [-0.3, -0.25) is 9.59 Å². The van der Waals surface area contributed by atoms with Gasteiger partial charge in [0.05, 0.1) is 12.3 Å². The summed E-state index contributed by atoms with van der Waals surface area (Å²) >= 11 is 0. The smallest absolute Gasteiger partial charge is 0.291 e. The van der Waals surface area contributed by atoms with E-state index < -0.39 is 0 Å². The van der Waals surface area contributed by atoms with E-state index in [9.17, 15) is 9.59 Å². The third kappa shape index (κ3) is 5.13. The molecule has 32 heavy (non-hydrogen) atoms. The fraction of sp³-hybridized carbons (Fsp3) is 0.111. The molecule has 0 saturated heterocycles. The summed E-state index contributed by atoms with van der Waals surface area (Å²) in [6.45, 7) is 1.88. The molecule has 0 radical (unpaired) electrons. The predicted octanol–water partition coefficient (Wildman–Crippen LogP) is 5.55. The molecule has 4 rings (SSSR count). The van der Waals surface area contributed by atoms with Gasteiger partial charge >= 0.3 is 0 Å². The average molecular weight is 425 g/mol. The van der Waals surface area contributed by atoms with Gasteiger partial charge in [0.1, 0.15) is 0 Å². The Morgan fingerprint density at radius 1 is 0.844 bits per heavy atom. The molecule has 0 fully saturated rings. The third-order valence-electron chi connectivity index (χ3n) is 5.28. The fourth-order valence-electron chi connectivity index (χ4n) is 3.52. The summed E-state index contributed by atoms with van der Waals surface area (Å²) in [5.74, 6) is -0.351. The zero-order valence-electron chi connectivity index (χ0n) is 17.7. The summed E-state index contributed by atoms with van der Waals surface area (Å²) in [5, 5.41) is 5.98. The van der Waals surface area contributed by atoms with Gasteiger partial charge in [-0.15, -0.1) is 0 Å². The highest BCUT2D eigenvalue weighted by Crippen LogP contribution is 2.22. The van der Waals surface area contributed by atoms with Gasteiger partial charge in [0.25, 0.3) is 11.8 Å². The quantitative estimate of drug-likeness (QED) is 0.408. The van der Waals surface area contributed by atoms with Crippen molar-refractivity contribution in [1.29, 1.82) is 0 Å². The van der Waals surface area contributed by atoms with E-state index in [1.165, 1.54) is 6.26 Å². The lowest BCUT2D eigenvalue weighted by Gasteiger charge is -2.20. The molecule has 0 spiro atoms. The minimum absolute atomic E-state index is 0.187. The molecule has 5 heteroatoms. The highest BCUT2D eigenvalue weighted by atomic mass is 16.3. The van der Waals surface area contributed by atoms with Crippen LogP contribution < -0.4 is 10.6 Å². The number of carbonyl (C=O) groups excluding carboxylic acids is 2. The number of rotatable bonds is 7. The maximum Gasteiger partial charge on any atom is 0.291 e. The van der Waals surface area contributed by atoms with Crippen molar-refractivity contribution < 1.29 is 14.0 Å². The van der Waals surface area contributed by atoms with Crippen LogP contribution in [-0.2, 0) is 6.42 Å². The number of anilines is 1. The van der Waals surface area contributed by atoms with Crippen LogP contribution in [0.4, 0.5) is 5.69 Å². The molecule has 0 aliphatic carbocycles. The van der Waals surface area contributed by atoms with Crippen LogP contribution in [0.2, 0.25) is 0 Å². The first-order valence-corrected chi connectivity index (χ1v) is 10.5. The van der Waals surface area contributed by atoms with Crippen molar-refractivity contribution in [2.24, 2.45) is 0 Å². The van der Waals surface area contributed by atoms with Gasteiger partial charge in [-0.25, -0.2) is 0 Å². The molecule has 0 bridgehead atoms. The summed E-state index contributed by atoms with van der Waals surface area (Å²) in [4.78, 5) is 25.5. The summed E-state index contributed by atoms with van der Waals surface area (Å²) in [5.41, 5.74) is 4.06. The molecule has 5 nitrogen and oxygen atoms in total. The van der Waals surface area contributed by atoms with Crippen molar-refractivity contribution in [2.45, 2.75) is 19.4 Å².